The summed E-state index contributed by atoms with van der Waals surface area (Å²) < 4.78 is 41.7. The van der Waals surface area contributed by atoms with Crippen molar-refractivity contribution in [1.29, 1.82) is 0 Å². The highest BCUT2D eigenvalue weighted by Crippen LogP contribution is 2.38. The maximum Gasteiger partial charge on any atom is 0.436 e. The predicted molar refractivity (Wildman–Crippen MR) is 68.4 cm³/mol. The Balaban J connectivity index is 0.00000180. The third kappa shape index (κ3) is 2.95. The Kier molecular flexibility index (Phi) is 4.69. The molecule has 2 aromatic rings. The minimum atomic E-state index is -4.47. The molecule has 0 atom stereocenters. The lowest BCUT2D eigenvalue weighted by molar-refractivity contribution is -0.143. The van der Waals surface area contributed by atoms with E-state index in [2.05, 4.69) is 26.1 Å². The van der Waals surface area contributed by atoms with Crippen LogP contribution in [-0.4, -0.2) is 31.3 Å². The summed E-state index contributed by atoms with van der Waals surface area (Å²) in [5.41, 5.74) is -0.890. The van der Waals surface area contributed by atoms with E-state index in [1.165, 1.54) is 22.6 Å². The summed E-state index contributed by atoms with van der Waals surface area (Å²) in [7, 11) is 1.46. The van der Waals surface area contributed by atoms with Crippen molar-refractivity contribution in [2.24, 2.45) is 7.05 Å². The molecule has 2 N–H and O–H groups in total. The van der Waals surface area contributed by atoms with Crippen molar-refractivity contribution in [2.75, 3.05) is 6.26 Å². The van der Waals surface area contributed by atoms with Crippen LogP contribution in [0.4, 0.5) is 13.2 Å². The molecule has 19 heavy (non-hydrogen) atoms. The largest absolute Gasteiger partial charge is 0.436 e. The van der Waals surface area contributed by atoms with Crippen molar-refractivity contribution in [1.82, 2.24) is 19.6 Å². The second kappa shape index (κ2) is 5.55. The van der Waals surface area contributed by atoms with E-state index in [4.69, 9.17) is 0 Å². The van der Waals surface area contributed by atoms with Gasteiger partial charge in [0.25, 0.3) is 0 Å². The number of alkyl halides is 3. The van der Waals surface area contributed by atoms with Gasteiger partial charge in [0, 0.05) is 13.2 Å². The average Bonchev–Trinajstić information content (AvgIpc) is 2.80. The molecule has 0 bridgehead atoms. The van der Waals surface area contributed by atoms with Gasteiger partial charge in [-0.05, 0) is 22.2 Å². The molecule has 0 aromatic carbocycles. The van der Waals surface area contributed by atoms with Gasteiger partial charge < -0.3 is 5.48 Å². The van der Waals surface area contributed by atoms with Crippen LogP contribution >= 0.6 is 27.7 Å². The molecule has 0 aliphatic heterocycles. The first-order valence-electron chi connectivity index (χ1n) is 4.73. The van der Waals surface area contributed by atoms with Crippen LogP contribution in [-0.2, 0) is 13.2 Å². The SMILES string of the molecule is CSc1c(C(F)(F)F)nn(C)c1-n1cc(Br)cn1.O. The number of aryl methyl sites for hydroxylation is 1. The molecule has 2 heterocycles. The summed E-state index contributed by atoms with van der Waals surface area (Å²) >= 11 is 4.20. The Morgan fingerprint density at radius 2 is 2.00 bits per heavy atom. The summed E-state index contributed by atoms with van der Waals surface area (Å²) in [6.45, 7) is 0. The lowest BCUT2D eigenvalue weighted by Gasteiger charge is -2.05. The van der Waals surface area contributed by atoms with Gasteiger partial charge in [0.15, 0.2) is 11.5 Å². The first kappa shape index (κ1) is 16.1. The van der Waals surface area contributed by atoms with E-state index in [0.29, 0.717) is 10.3 Å². The minimum absolute atomic E-state index is 0. The van der Waals surface area contributed by atoms with Crippen LogP contribution in [0.2, 0.25) is 0 Å². The molecule has 0 saturated carbocycles. The summed E-state index contributed by atoms with van der Waals surface area (Å²) in [5.74, 6) is 0.292. The van der Waals surface area contributed by atoms with Gasteiger partial charge in [-0.15, -0.1) is 11.8 Å². The molecule has 0 saturated heterocycles. The average molecular weight is 359 g/mol. The maximum atomic E-state index is 12.8. The fourth-order valence-electron chi connectivity index (χ4n) is 1.54. The molecule has 0 fully saturated rings. The highest BCUT2D eigenvalue weighted by molar-refractivity contribution is 9.10. The fourth-order valence-corrected chi connectivity index (χ4v) is 2.58. The van der Waals surface area contributed by atoms with Crippen molar-refractivity contribution in [2.45, 2.75) is 11.1 Å². The van der Waals surface area contributed by atoms with Gasteiger partial charge in [-0.3, -0.25) is 0 Å². The van der Waals surface area contributed by atoms with Crippen molar-refractivity contribution < 1.29 is 18.6 Å². The van der Waals surface area contributed by atoms with E-state index in [1.807, 2.05) is 0 Å². The number of halogens is 4. The monoisotopic (exact) mass is 358 g/mol. The molecule has 0 spiro atoms. The molecule has 0 unspecified atom stereocenters. The van der Waals surface area contributed by atoms with Crippen molar-refractivity contribution in [3.8, 4) is 5.82 Å². The highest BCUT2D eigenvalue weighted by atomic mass is 79.9. The summed E-state index contributed by atoms with van der Waals surface area (Å²) in [5, 5.41) is 7.51. The molecule has 0 amide bonds. The van der Waals surface area contributed by atoms with Crippen LogP contribution in [0.1, 0.15) is 5.69 Å². The number of thioether (sulfide) groups is 1. The molecule has 106 valence electrons. The number of hydrogen-bond donors (Lipinski definition) is 0. The van der Waals surface area contributed by atoms with Gasteiger partial charge in [0.2, 0.25) is 0 Å². The van der Waals surface area contributed by atoms with Gasteiger partial charge in [-0.2, -0.15) is 23.4 Å². The zero-order valence-electron chi connectivity index (χ0n) is 9.86. The Labute approximate surface area is 119 Å². The summed E-state index contributed by atoms with van der Waals surface area (Å²) in [6.07, 6.45) is 0.189. The third-order valence-electron chi connectivity index (χ3n) is 2.22. The lowest BCUT2D eigenvalue weighted by Crippen LogP contribution is -2.07. The predicted octanol–water partition coefficient (Wildman–Crippen LogP) is 2.28. The highest BCUT2D eigenvalue weighted by Gasteiger charge is 2.39. The first-order valence-corrected chi connectivity index (χ1v) is 6.75. The van der Waals surface area contributed by atoms with Gasteiger partial charge in [-0.25, -0.2) is 9.36 Å². The van der Waals surface area contributed by atoms with Gasteiger partial charge in [0.05, 0.1) is 15.6 Å². The topological polar surface area (TPSA) is 67.1 Å². The van der Waals surface area contributed by atoms with Crippen molar-refractivity contribution in [3.05, 3.63) is 22.6 Å². The van der Waals surface area contributed by atoms with Crippen LogP contribution in [0.15, 0.2) is 21.8 Å². The molecule has 10 heteroatoms. The zero-order valence-corrected chi connectivity index (χ0v) is 12.3. The summed E-state index contributed by atoms with van der Waals surface area (Å²) in [4.78, 5) is 0.0561. The van der Waals surface area contributed by atoms with E-state index in [9.17, 15) is 13.2 Å². The van der Waals surface area contributed by atoms with Gasteiger partial charge in [-0.1, -0.05) is 0 Å². The van der Waals surface area contributed by atoms with E-state index in [1.54, 1.807) is 12.5 Å². The van der Waals surface area contributed by atoms with E-state index >= 15 is 0 Å². The molecular formula is C9H10BrF3N4OS. The van der Waals surface area contributed by atoms with Crippen LogP contribution in [0.25, 0.3) is 5.82 Å². The van der Waals surface area contributed by atoms with Crippen LogP contribution in [0.3, 0.4) is 0 Å². The number of aromatic nitrogens is 4. The number of rotatable bonds is 2. The van der Waals surface area contributed by atoms with Gasteiger partial charge >= 0.3 is 6.18 Å². The van der Waals surface area contributed by atoms with Gasteiger partial charge in [0.1, 0.15) is 0 Å². The van der Waals surface area contributed by atoms with Crippen LogP contribution in [0, 0.1) is 0 Å². The standard InChI is InChI=1S/C9H8BrF3N4S.H2O/c1-16-8(17-4-5(10)3-14-17)6(18-2)7(15-16)9(11,12)13;/h3-4H,1-2H3;1H2. The third-order valence-corrected chi connectivity index (χ3v) is 3.41. The Morgan fingerprint density at radius 1 is 1.37 bits per heavy atom. The normalized spacial score (nSPS) is 11.5. The Morgan fingerprint density at radius 3 is 2.42 bits per heavy atom. The quantitative estimate of drug-likeness (QED) is 0.773. The molecule has 5 nitrogen and oxygen atoms in total. The fraction of sp³-hybridized carbons (Fsp3) is 0.333. The van der Waals surface area contributed by atoms with Crippen LogP contribution < -0.4 is 0 Å². The molecule has 0 aliphatic rings. The molecule has 0 radical (unpaired) electrons. The zero-order chi connectivity index (χ0) is 13.5. The summed E-state index contributed by atoms with van der Waals surface area (Å²) in [6, 6.07) is 0. The molecule has 2 aromatic heterocycles. The Hall–Kier alpha value is -1.00. The number of nitrogens with zero attached hydrogens (tertiary/aromatic N) is 4. The number of hydrogen-bond acceptors (Lipinski definition) is 3. The lowest BCUT2D eigenvalue weighted by atomic mass is 10.4. The van der Waals surface area contributed by atoms with Crippen LogP contribution in [0.5, 0.6) is 0 Å². The smallest absolute Gasteiger partial charge is 0.412 e. The van der Waals surface area contributed by atoms with Crippen molar-refractivity contribution in [3.63, 3.8) is 0 Å². The second-order valence-corrected chi connectivity index (χ2v) is 5.16. The minimum Gasteiger partial charge on any atom is -0.412 e. The Bertz CT molecular complexity index is 581. The molecular weight excluding hydrogens is 349 g/mol. The molecule has 2 rings (SSSR count). The van der Waals surface area contributed by atoms with E-state index in [0.717, 1.165) is 11.8 Å². The first-order chi connectivity index (χ1) is 8.34. The van der Waals surface area contributed by atoms with E-state index in [-0.39, 0.29) is 10.4 Å². The maximum absolute atomic E-state index is 12.8. The second-order valence-electron chi connectivity index (χ2n) is 3.43. The van der Waals surface area contributed by atoms with Crippen molar-refractivity contribution >= 4 is 27.7 Å². The van der Waals surface area contributed by atoms with E-state index < -0.39 is 11.9 Å². The molecule has 0 aliphatic carbocycles.